The minimum Gasteiger partial charge on any atom is -0.480 e. The fraction of sp³-hybridized carbons (Fsp3) is 0.333. The Morgan fingerprint density at radius 1 is 1.25 bits per heavy atom. The molecule has 0 heterocycles. The topological polar surface area (TPSA) is 60.9 Å². The van der Waals surface area contributed by atoms with E-state index in [1.54, 1.807) is 7.05 Å². The largest absolute Gasteiger partial charge is 0.480 e. The second-order valence-electron chi connectivity index (χ2n) is 4.64. The molecule has 0 radical (unpaired) electrons. The van der Waals surface area contributed by atoms with Gasteiger partial charge in [0.25, 0.3) is 0 Å². The maximum Gasteiger partial charge on any atom is 0.325 e. The van der Waals surface area contributed by atoms with Crippen LogP contribution in [-0.4, -0.2) is 42.1 Å². The molecule has 0 aliphatic rings. The predicted octanol–water partition coefficient (Wildman–Crippen LogP) is 1.88. The highest BCUT2D eigenvalue weighted by Gasteiger charge is 2.20. The quantitative estimate of drug-likeness (QED) is 0.853. The number of benzene rings is 1. The highest BCUT2D eigenvalue weighted by atomic mass is 16.4. The van der Waals surface area contributed by atoms with Crippen LogP contribution in [0.3, 0.4) is 0 Å². The molecule has 0 atom stereocenters. The average Bonchev–Trinajstić information content (AvgIpc) is 2.34. The lowest BCUT2D eigenvalue weighted by molar-refractivity contribution is -0.137. The van der Waals surface area contributed by atoms with Crippen molar-refractivity contribution in [2.45, 2.75) is 13.8 Å². The Bertz CT molecular complexity index is 540. The smallest absolute Gasteiger partial charge is 0.325 e. The second-order valence-corrected chi connectivity index (χ2v) is 4.64. The molecule has 1 N–H and O–H groups in total. The van der Waals surface area contributed by atoms with Gasteiger partial charge >= 0.3 is 12.0 Å². The van der Waals surface area contributed by atoms with Crippen LogP contribution >= 0.6 is 0 Å². The molecule has 1 aromatic rings. The Morgan fingerprint density at radius 2 is 1.80 bits per heavy atom. The molecular formula is C15H18N2O3. The third-order valence-electron chi connectivity index (χ3n) is 2.76. The van der Waals surface area contributed by atoms with Crippen LogP contribution in [0.5, 0.6) is 0 Å². The number of carbonyl (C=O) groups is 2. The van der Waals surface area contributed by atoms with Gasteiger partial charge in [0.05, 0.1) is 6.54 Å². The Balaban J connectivity index is 2.98. The zero-order valence-electron chi connectivity index (χ0n) is 11.9. The minimum atomic E-state index is -1.09. The number of hydrogen-bond donors (Lipinski definition) is 1. The van der Waals surface area contributed by atoms with Gasteiger partial charge in [0.2, 0.25) is 0 Å². The lowest BCUT2D eigenvalue weighted by Gasteiger charge is -2.26. The molecule has 0 saturated heterocycles. The highest BCUT2D eigenvalue weighted by molar-refractivity contribution is 5.93. The first kappa shape index (κ1) is 15.6. The molecule has 5 heteroatoms. The third-order valence-corrected chi connectivity index (χ3v) is 2.76. The average molecular weight is 274 g/mol. The fourth-order valence-electron chi connectivity index (χ4n) is 1.93. The summed E-state index contributed by atoms with van der Waals surface area (Å²) in [6, 6.07) is 5.29. The molecule has 0 fully saturated rings. The lowest BCUT2D eigenvalue weighted by Crippen LogP contribution is -2.44. The van der Waals surface area contributed by atoms with Crippen LogP contribution in [0, 0.1) is 26.2 Å². The summed E-state index contributed by atoms with van der Waals surface area (Å²) in [4.78, 5) is 25.6. The first-order valence-corrected chi connectivity index (χ1v) is 6.11. The number of carboxylic acids is 1. The number of amides is 2. The molecule has 0 aliphatic carbocycles. The van der Waals surface area contributed by atoms with Crippen molar-refractivity contribution in [3.05, 3.63) is 29.3 Å². The maximum atomic E-state index is 12.3. The van der Waals surface area contributed by atoms with Gasteiger partial charge in [-0.15, -0.1) is 6.42 Å². The van der Waals surface area contributed by atoms with E-state index in [0.717, 1.165) is 16.0 Å². The molecule has 0 bridgehead atoms. The third kappa shape index (κ3) is 4.02. The zero-order valence-corrected chi connectivity index (χ0v) is 11.9. The normalized spacial score (nSPS) is 9.70. The van der Waals surface area contributed by atoms with E-state index in [9.17, 15) is 9.59 Å². The number of terminal acetylenes is 1. The molecule has 20 heavy (non-hydrogen) atoms. The summed E-state index contributed by atoms with van der Waals surface area (Å²) in [6.07, 6.45) is 5.17. The van der Waals surface area contributed by atoms with Crippen molar-refractivity contribution in [1.29, 1.82) is 0 Å². The Morgan fingerprint density at radius 3 is 2.25 bits per heavy atom. The summed E-state index contributed by atoms with van der Waals surface area (Å²) in [5, 5.41) is 8.82. The summed E-state index contributed by atoms with van der Waals surface area (Å²) >= 11 is 0. The molecule has 2 amide bonds. The van der Waals surface area contributed by atoms with E-state index in [-0.39, 0.29) is 6.54 Å². The number of urea groups is 1. The van der Waals surface area contributed by atoms with Gasteiger partial charge in [-0.2, -0.15) is 0 Å². The molecule has 0 aromatic heterocycles. The number of carbonyl (C=O) groups excluding carboxylic acids is 1. The summed E-state index contributed by atoms with van der Waals surface area (Å²) in [6.45, 7) is 3.41. The van der Waals surface area contributed by atoms with Crippen molar-refractivity contribution in [1.82, 2.24) is 4.90 Å². The van der Waals surface area contributed by atoms with Crippen molar-refractivity contribution < 1.29 is 14.7 Å². The summed E-state index contributed by atoms with van der Waals surface area (Å²) in [5.41, 5.74) is 2.77. The minimum absolute atomic E-state index is 0.0414. The molecule has 106 valence electrons. The van der Waals surface area contributed by atoms with Gasteiger partial charge < -0.3 is 10.0 Å². The van der Waals surface area contributed by atoms with Gasteiger partial charge in [-0.3, -0.25) is 9.69 Å². The predicted molar refractivity (Wildman–Crippen MR) is 77.8 cm³/mol. The van der Waals surface area contributed by atoms with Gasteiger partial charge in [-0.05, 0) is 37.1 Å². The van der Waals surface area contributed by atoms with Gasteiger partial charge in [-0.1, -0.05) is 12.0 Å². The summed E-state index contributed by atoms with van der Waals surface area (Å²) in [5.74, 6) is 1.20. The molecule has 0 aliphatic heterocycles. The molecule has 5 nitrogen and oxygen atoms in total. The maximum absolute atomic E-state index is 12.3. The summed E-state index contributed by atoms with van der Waals surface area (Å²) in [7, 11) is 1.60. The molecule has 1 aromatic carbocycles. The van der Waals surface area contributed by atoms with E-state index in [2.05, 4.69) is 5.92 Å². The molecular weight excluding hydrogens is 256 g/mol. The summed E-state index contributed by atoms with van der Waals surface area (Å²) < 4.78 is 0. The lowest BCUT2D eigenvalue weighted by atomic mass is 10.1. The van der Waals surface area contributed by atoms with Crippen LogP contribution < -0.4 is 4.90 Å². The van der Waals surface area contributed by atoms with Crippen molar-refractivity contribution in [2.75, 3.05) is 25.0 Å². The van der Waals surface area contributed by atoms with Crippen molar-refractivity contribution in [2.24, 2.45) is 0 Å². The molecule has 1 rings (SSSR count). The van der Waals surface area contributed by atoms with Crippen LogP contribution in [0.4, 0.5) is 10.5 Å². The van der Waals surface area contributed by atoms with Crippen LogP contribution in [0.25, 0.3) is 0 Å². The number of aliphatic carboxylic acids is 1. The van der Waals surface area contributed by atoms with E-state index in [0.29, 0.717) is 5.69 Å². The van der Waals surface area contributed by atoms with E-state index in [4.69, 9.17) is 11.5 Å². The molecule has 0 saturated carbocycles. The molecule has 0 spiro atoms. The number of rotatable bonds is 4. The number of carboxylic acid groups (broad SMARTS) is 1. The van der Waals surface area contributed by atoms with Gasteiger partial charge in [0.1, 0.15) is 6.54 Å². The van der Waals surface area contributed by atoms with Gasteiger partial charge in [0, 0.05) is 12.7 Å². The van der Waals surface area contributed by atoms with Gasteiger partial charge in [-0.25, -0.2) is 4.79 Å². The zero-order chi connectivity index (χ0) is 15.3. The number of hydrogen-bond acceptors (Lipinski definition) is 2. The van der Waals surface area contributed by atoms with E-state index < -0.39 is 18.5 Å². The first-order chi connectivity index (χ1) is 9.35. The van der Waals surface area contributed by atoms with Crippen molar-refractivity contribution in [3.63, 3.8) is 0 Å². The highest BCUT2D eigenvalue weighted by Crippen LogP contribution is 2.18. The van der Waals surface area contributed by atoms with E-state index in [1.165, 1.54) is 4.90 Å². The fourth-order valence-corrected chi connectivity index (χ4v) is 1.93. The van der Waals surface area contributed by atoms with Crippen LogP contribution in [0.1, 0.15) is 11.1 Å². The number of anilines is 1. The second kappa shape index (κ2) is 6.62. The van der Waals surface area contributed by atoms with Crippen molar-refractivity contribution in [3.8, 4) is 12.3 Å². The SMILES string of the molecule is C#CCN(CC(=O)O)C(=O)N(C)c1cc(C)cc(C)c1. The Labute approximate surface area is 118 Å². The monoisotopic (exact) mass is 274 g/mol. The van der Waals surface area contributed by atoms with Crippen LogP contribution in [0.15, 0.2) is 18.2 Å². The van der Waals surface area contributed by atoms with Crippen molar-refractivity contribution >= 4 is 17.7 Å². The first-order valence-electron chi connectivity index (χ1n) is 6.11. The van der Waals surface area contributed by atoms with Gasteiger partial charge in [0.15, 0.2) is 0 Å². The number of nitrogens with zero attached hydrogens (tertiary/aromatic N) is 2. The van der Waals surface area contributed by atoms with Crippen LogP contribution in [-0.2, 0) is 4.79 Å². The Hall–Kier alpha value is -2.48. The van der Waals surface area contributed by atoms with E-state index >= 15 is 0 Å². The molecule has 0 unspecified atom stereocenters. The standard InChI is InChI=1S/C15H18N2O3/c1-5-6-17(10-14(18)19)15(20)16(4)13-8-11(2)7-12(3)9-13/h1,7-9H,6,10H2,2-4H3,(H,18,19). The van der Waals surface area contributed by atoms with E-state index in [1.807, 2.05) is 32.0 Å². The Kier molecular flexibility index (Phi) is 5.15. The number of aryl methyl sites for hydroxylation is 2. The van der Waals surface area contributed by atoms with Crippen LogP contribution in [0.2, 0.25) is 0 Å².